The lowest BCUT2D eigenvalue weighted by atomic mass is 9.93. The van der Waals surface area contributed by atoms with Crippen molar-refractivity contribution in [2.45, 2.75) is 40.2 Å². The van der Waals surface area contributed by atoms with E-state index in [4.69, 9.17) is 33.0 Å². The third kappa shape index (κ3) is 7.27. The van der Waals surface area contributed by atoms with Gasteiger partial charge in [0.1, 0.15) is 17.9 Å². The molecule has 0 saturated heterocycles. The van der Waals surface area contributed by atoms with Crippen molar-refractivity contribution in [3.63, 3.8) is 0 Å². The number of amides is 2. The largest absolute Gasteiger partial charge is 0.507 e. The molecule has 4 N–H and O–H groups in total. The number of halogens is 2. The number of carbonyl (C=O) groups excluding carboxylic acids is 2. The Hall–Kier alpha value is -2.97. The zero-order valence-electron chi connectivity index (χ0n) is 18.6. The summed E-state index contributed by atoms with van der Waals surface area (Å²) in [5.74, 6) is -2.00. The number of aromatic hydroxyl groups is 1. The molecule has 0 aromatic heterocycles. The fourth-order valence-electron chi connectivity index (χ4n) is 3.28. The van der Waals surface area contributed by atoms with Gasteiger partial charge in [0.2, 0.25) is 5.91 Å². The lowest BCUT2D eigenvalue weighted by molar-refractivity contribution is -0.139. The first-order valence-corrected chi connectivity index (χ1v) is 11.0. The Kier molecular flexibility index (Phi) is 8.96. The number of hydrogen-bond acceptors (Lipinski definition) is 5. The highest BCUT2D eigenvalue weighted by atomic mass is 35.5. The number of phenolic OH excluding ortho intramolecular Hbond substituents is 1. The maximum Gasteiger partial charge on any atom is 0.312 e. The van der Waals surface area contributed by atoms with E-state index >= 15 is 0 Å². The first kappa shape index (κ1) is 26.3. The predicted octanol–water partition coefficient (Wildman–Crippen LogP) is 5.31. The molecule has 33 heavy (non-hydrogen) atoms. The molecule has 2 aromatic carbocycles. The number of carboxylic acids is 1. The van der Waals surface area contributed by atoms with Crippen molar-refractivity contribution in [1.82, 2.24) is 5.32 Å². The number of phenols is 1. The van der Waals surface area contributed by atoms with Crippen molar-refractivity contribution >= 4 is 46.7 Å². The molecule has 2 aromatic rings. The molecule has 0 spiro atoms. The molecule has 0 unspecified atom stereocenters. The summed E-state index contributed by atoms with van der Waals surface area (Å²) in [5.41, 5.74) is 0.228. The molecule has 0 aliphatic rings. The molecule has 0 bridgehead atoms. The fraction of sp³-hybridized carbons (Fsp3) is 0.348. The molecule has 0 heterocycles. The third-order valence-corrected chi connectivity index (χ3v) is 5.32. The highest BCUT2D eigenvalue weighted by Crippen LogP contribution is 2.39. The highest BCUT2D eigenvalue weighted by molar-refractivity contribution is 6.37. The zero-order valence-corrected chi connectivity index (χ0v) is 20.1. The molecule has 0 atom stereocenters. The van der Waals surface area contributed by atoms with Crippen molar-refractivity contribution in [2.75, 3.05) is 5.32 Å². The number of aliphatic carboxylic acids is 1. The number of benzene rings is 2. The molecule has 2 amide bonds. The van der Waals surface area contributed by atoms with Crippen molar-refractivity contribution < 1.29 is 29.3 Å². The number of hydrogen-bond donors (Lipinski definition) is 4. The highest BCUT2D eigenvalue weighted by Gasteiger charge is 2.23. The monoisotopic (exact) mass is 496 g/mol. The summed E-state index contributed by atoms with van der Waals surface area (Å²) in [4.78, 5) is 35.1. The topological polar surface area (TPSA) is 125 Å². The summed E-state index contributed by atoms with van der Waals surface area (Å²) in [7, 11) is 0. The standard InChI is InChI=1S/C23H26Cl2N2O6/c1-11(2)21(12(3)4)27-23(32)15-9-14(5-6-18(15)28)33-22-16(24)7-13(8-17(22)25)26-19(29)10-20(30)31/h5-9,11-12,21,28H,10H2,1-4H3,(H,26,29)(H,27,32)(H,30,31). The second-order valence-corrected chi connectivity index (χ2v) is 8.97. The molecule has 8 nitrogen and oxygen atoms in total. The number of carboxylic acid groups (broad SMARTS) is 1. The Morgan fingerprint density at radius 2 is 1.58 bits per heavy atom. The van der Waals surface area contributed by atoms with Gasteiger partial charge in [-0.1, -0.05) is 50.9 Å². The van der Waals surface area contributed by atoms with Gasteiger partial charge in [0.15, 0.2) is 5.75 Å². The van der Waals surface area contributed by atoms with Crippen molar-refractivity contribution in [3.8, 4) is 17.2 Å². The third-order valence-electron chi connectivity index (χ3n) is 4.76. The summed E-state index contributed by atoms with van der Waals surface area (Å²) < 4.78 is 5.75. The van der Waals surface area contributed by atoms with Gasteiger partial charge in [0.05, 0.1) is 15.6 Å². The Balaban J connectivity index is 2.25. The van der Waals surface area contributed by atoms with Gasteiger partial charge in [0, 0.05) is 11.7 Å². The van der Waals surface area contributed by atoms with Gasteiger partial charge in [-0.3, -0.25) is 14.4 Å². The molecule has 0 fully saturated rings. The van der Waals surface area contributed by atoms with E-state index in [9.17, 15) is 19.5 Å². The van der Waals surface area contributed by atoms with Crippen molar-refractivity contribution in [1.29, 1.82) is 0 Å². The van der Waals surface area contributed by atoms with Gasteiger partial charge in [-0.05, 0) is 42.2 Å². The lowest BCUT2D eigenvalue weighted by Crippen LogP contribution is -2.42. The van der Waals surface area contributed by atoms with Crippen LogP contribution >= 0.6 is 23.2 Å². The Morgan fingerprint density at radius 1 is 1.00 bits per heavy atom. The van der Waals surface area contributed by atoms with E-state index in [0.717, 1.165) is 0 Å². The SMILES string of the molecule is CC(C)C(NC(=O)c1cc(Oc2c(Cl)cc(NC(=O)CC(=O)O)cc2Cl)ccc1O)C(C)C. The van der Waals surface area contributed by atoms with E-state index in [0.29, 0.717) is 0 Å². The summed E-state index contributed by atoms with van der Waals surface area (Å²) >= 11 is 12.5. The second kappa shape index (κ2) is 11.2. The molecule has 2 rings (SSSR count). The normalized spacial score (nSPS) is 11.1. The second-order valence-electron chi connectivity index (χ2n) is 8.16. The maximum atomic E-state index is 12.8. The van der Waals surface area contributed by atoms with Crippen LogP contribution in [0, 0.1) is 11.8 Å². The molecule has 0 aliphatic carbocycles. The minimum Gasteiger partial charge on any atom is -0.507 e. The van der Waals surface area contributed by atoms with Crippen LogP contribution in [0.5, 0.6) is 17.2 Å². The van der Waals surface area contributed by atoms with Gasteiger partial charge < -0.3 is 25.6 Å². The average Bonchev–Trinajstić information content (AvgIpc) is 2.68. The fourth-order valence-corrected chi connectivity index (χ4v) is 3.85. The summed E-state index contributed by atoms with van der Waals surface area (Å²) in [6, 6.07) is 6.76. The molecular formula is C23H26Cl2N2O6. The maximum absolute atomic E-state index is 12.8. The van der Waals surface area contributed by atoms with E-state index in [1.54, 1.807) is 0 Å². The van der Waals surface area contributed by atoms with Crippen molar-refractivity contribution in [3.05, 3.63) is 45.9 Å². The van der Waals surface area contributed by atoms with Crippen LogP contribution in [0.4, 0.5) is 5.69 Å². The number of anilines is 1. The summed E-state index contributed by atoms with van der Waals surface area (Å²) in [6.07, 6.45) is -0.708. The van der Waals surface area contributed by atoms with Crippen LogP contribution in [0.2, 0.25) is 10.0 Å². The van der Waals surface area contributed by atoms with E-state index in [1.165, 1.54) is 30.3 Å². The molecule has 10 heteroatoms. The lowest BCUT2D eigenvalue weighted by Gasteiger charge is -2.26. The number of nitrogens with one attached hydrogen (secondary N) is 2. The predicted molar refractivity (Wildman–Crippen MR) is 126 cm³/mol. The number of ether oxygens (including phenoxy) is 1. The van der Waals surface area contributed by atoms with E-state index < -0.39 is 24.2 Å². The van der Waals surface area contributed by atoms with Crippen LogP contribution in [0.25, 0.3) is 0 Å². The van der Waals surface area contributed by atoms with Crippen LogP contribution in [0.15, 0.2) is 30.3 Å². The number of carbonyl (C=O) groups is 3. The Bertz CT molecular complexity index is 1020. The molecule has 0 aliphatic heterocycles. The average molecular weight is 497 g/mol. The first-order chi connectivity index (χ1) is 15.4. The van der Waals surface area contributed by atoms with Crippen LogP contribution in [0.3, 0.4) is 0 Å². The van der Waals surface area contributed by atoms with Gasteiger partial charge in [-0.15, -0.1) is 0 Å². The Morgan fingerprint density at radius 3 is 2.09 bits per heavy atom. The van der Waals surface area contributed by atoms with Gasteiger partial charge in [-0.25, -0.2) is 0 Å². The number of rotatable bonds is 9. The molecule has 0 radical (unpaired) electrons. The van der Waals surface area contributed by atoms with Crippen LogP contribution in [0.1, 0.15) is 44.5 Å². The van der Waals surface area contributed by atoms with Gasteiger partial charge in [-0.2, -0.15) is 0 Å². The van der Waals surface area contributed by atoms with E-state index in [-0.39, 0.29) is 56.4 Å². The van der Waals surface area contributed by atoms with Gasteiger partial charge in [0.25, 0.3) is 5.91 Å². The van der Waals surface area contributed by atoms with Crippen LogP contribution < -0.4 is 15.4 Å². The van der Waals surface area contributed by atoms with Gasteiger partial charge >= 0.3 is 5.97 Å². The molecule has 178 valence electrons. The minimum atomic E-state index is -1.27. The molecular weight excluding hydrogens is 471 g/mol. The van der Waals surface area contributed by atoms with Crippen LogP contribution in [-0.2, 0) is 9.59 Å². The smallest absolute Gasteiger partial charge is 0.312 e. The van der Waals surface area contributed by atoms with E-state index in [1.807, 2.05) is 27.7 Å². The van der Waals surface area contributed by atoms with E-state index in [2.05, 4.69) is 10.6 Å². The molecule has 0 saturated carbocycles. The van der Waals surface area contributed by atoms with Crippen LogP contribution in [-0.4, -0.2) is 34.0 Å². The Labute approximate surface area is 201 Å². The first-order valence-electron chi connectivity index (χ1n) is 10.2. The summed E-state index contributed by atoms with van der Waals surface area (Å²) in [5, 5.41) is 24.3. The zero-order chi connectivity index (χ0) is 24.9. The minimum absolute atomic E-state index is 0.0311. The quantitative estimate of drug-likeness (QED) is 0.348. The summed E-state index contributed by atoms with van der Waals surface area (Å²) in [6.45, 7) is 8.01. The van der Waals surface area contributed by atoms with Crippen molar-refractivity contribution in [2.24, 2.45) is 11.8 Å².